The summed E-state index contributed by atoms with van der Waals surface area (Å²) in [5, 5.41) is 10.5. The number of sulfone groups is 1. The minimum Gasteiger partial charge on any atom is -0.326 e. The summed E-state index contributed by atoms with van der Waals surface area (Å²) in [7, 11) is -3.28. The largest absolute Gasteiger partial charge is 0.326 e. The van der Waals surface area contributed by atoms with Crippen molar-refractivity contribution < 1.29 is 17.6 Å². The number of hydrogen-bond donors (Lipinski definition) is 2. The van der Waals surface area contributed by atoms with Crippen molar-refractivity contribution in [2.45, 2.75) is 18.2 Å². The highest BCUT2D eigenvalue weighted by Gasteiger charge is 2.12. The van der Waals surface area contributed by atoms with Crippen molar-refractivity contribution >= 4 is 38.7 Å². The summed E-state index contributed by atoms with van der Waals surface area (Å²) in [5.41, 5.74) is 5.35. The van der Waals surface area contributed by atoms with Crippen molar-refractivity contribution in [3.8, 4) is 11.1 Å². The van der Waals surface area contributed by atoms with Gasteiger partial charge in [0.05, 0.1) is 11.3 Å². The lowest BCUT2D eigenvalue weighted by atomic mass is 10.1. The number of carbonyl (C=O) groups excluding carboxylic acids is 1. The van der Waals surface area contributed by atoms with E-state index in [2.05, 4.69) is 20.7 Å². The average molecular weight is 530 g/mol. The first-order valence-electron chi connectivity index (χ1n) is 11.7. The Hall–Kier alpha value is -4.57. The van der Waals surface area contributed by atoms with Crippen LogP contribution in [-0.4, -0.2) is 35.2 Å². The molecule has 2 N–H and O–H groups in total. The fourth-order valence-electron chi connectivity index (χ4n) is 3.97. The number of halogens is 1. The molecule has 0 bridgehead atoms. The lowest BCUT2D eigenvalue weighted by Gasteiger charge is -2.08. The zero-order valence-electron chi connectivity index (χ0n) is 20.6. The second-order valence-corrected chi connectivity index (χ2v) is 11.0. The van der Waals surface area contributed by atoms with E-state index in [4.69, 9.17) is 0 Å². The molecule has 0 unspecified atom stereocenters. The van der Waals surface area contributed by atoms with Gasteiger partial charge in [-0.1, -0.05) is 24.3 Å². The van der Waals surface area contributed by atoms with E-state index in [-0.39, 0.29) is 23.0 Å². The first-order valence-corrected chi connectivity index (χ1v) is 13.6. The minimum absolute atomic E-state index is 0.155. The number of fused-ring (bicyclic) bond motifs is 1. The molecule has 192 valence electrons. The van der Waals surface area contributed by atoms with E-state index in [0.717, 1.165) is 22.3 Å². The van der Waals surface area contributed by atoms with Crippen LogP contribution in [0.25, 0.3) is 16.8 Å². The monoisotopic (exact) mass is 529 g/mol. The predicted molar refractivity (Wildman–Crippen MR) is 145 cm³/mol. The van der Waals surface area contributed by atoms with Gasteiger partial charge in [-0.25, -0.2) is 17.3 Å². The number of pyridine rings is 1. The first kappa shape index (κ1) is 25.1. The summed E-state index contributed by atoms with van der Waals surface area (Å²) in [6.45, 7) is 1.82. The summed E-state index contributed by atoms with van der Waals surface area (Å²) in [5.74, 6) is -0.135. The number of benzene rings is 3. The van der Waals surface area contributed by atoms with E-state index in [0.29, 0.717) is 23.0 Å². The molecule has 8 nitrogen and oxygen atoms in total. The summed E-state index contributed by atoms with van der Waals surface area (Å²) >= 11 is 0. The smallest absolute Gasteiger partial charge is 0.247 e. The molecule has 0 fully saturated rings. The summed E-state index contributed by atoms with van der Waals surface area (Å²) in [4.78, 5) is 17.1. The number of carbonyl (C=O) groups is 1. The Morgan fingerprint density at radius 2 is 1.66 bits per heavy atom. The van der Waals surface area contributed by atoms with Gasteiger partial charge in [0, 0.05) is 29.4 Å². The molecule has 3 aromatic carbocycles. The highest BCUT2D eigenvalue weighted by molar-refractivity contribution is 7.90. The van der Waals surface area contributed by atoms with Crippen molar-refractivity contribution in [2.75, 3.05) is 16.9 Å². The van der Waals surface area contributed by atoms with Crippen LogP contribution >= 0.6 is 0 Å². The van der Waals surface area contributed by atoms with Gasteiger partial charge in [-0.2, -0.15) is 4.98 Å². The Bertz CT molecular complexity index is 1750. The van der Waals surface area contributed by atoms with E-state index in [9.17, 15) is 17.6 Å². The van der Waals surface area contributed by atoms with Gasteiger partial charge >= 0.3 is 0 Å². The molecule has 0 spiro atoms. The lowest BCUT2D eigenvalue weighted by Crippen LogP contribution is -2.14. The molecule has 0 atom stereocenters. The van der Waals surface area contributed by atoms with Gasteiger partial charge in [0.2, 0.25) is 11.9 Å². The molecule has 2 aromatic heterocycles. The van der Waals surface area contributed by atoms with Crippen LogP contribution in [-0.2, 0) is 21.1 Å². The second-order valence-electron chi connectivity index (χ2n) is 8.96. The molecule has 10 heteroatoms. The van der Waals surface area contributed by atoms with Crippen LogP contribution in [0.5, 0.6) is 0 Å². The Kier molecular flexibility index (Phi) is 6.64. The number of aryl methyl sites for hydroxylation is 1. The first-order chi connectivity index (χ1) is 18.1. The number of anilines is 3. The Balaban J connectivity index is 1.28. The Morgan fingerprint density at radius 1 is 0.947 bits per heavy atom. The molecule has 0 aliphatic heterocycles. The Morgan fingerprint density at radius 3 is 2.34 bits per heavy atom. The maximum Gasteiger partial charge on any atom is 0.247 e. The quantitative estimate of drug-likeness (QED) is 0.301. The maximum atomic E-state index is 13.1. The molecule has 0 radical (unpaired) electrons. The van der Waals surface area contributed by atoms with Crippen LogP contribution in [0.15, 0.2) is 90.0 Å². The zero-order valence-corrected chi connectivity index (χ0v) is 21.5. The van der Waals surface area contributed by atoms with Crippen molar-refractivity contribution in [2.24, 2.45) is 0 Å². The van der Waals surface area contributed by atoms with E-state index in [1.165, 1.54) is 18.4 Å². The fourth-order valence-corrected chi connectivity index (χ4v) is 4.68. The van der Waals surface area contributed by atoms with Crippen LogP contribution in [0, 0.1) is 12.7 Å². The molecule has 5 rings (SSSR count). The summed E-state index contributed by atoms with van der Waals surface area (Å²) < 4.78 is 38.3. The van der Waals surface area contributed by atoms with E-state index >= 15 is 0 Å². The van der Waals surface area contributed by atoms with Crippen LogP contribution in [0.1, 0.15) is 11.1 Å². The SMILES string of the molecule is Cc1cc(S(C)(=O)=O)ccc1Nc1nc2ccc(-c3ccc(NC(=O)Cc4ccc(F)cc4)cc3)cn2n1. The number of nitrogens with zero attached hydrogens (tertiary/aromatic N) is 3. The van der Waals surface area contributed by atoms with Crippen LogP contribution in [0.3, 0.4) is 0 Å². The van der Waals surface area contributed by atoms with Crippen molar-refractivity contribution in [1.29, 1.82) is 0 Å². The third-order valence-corrected chi connectivity index (χ3v) is 7.09. The molecule has 1 amide bonds. The van der Waals surface area contributed by atoms with E-state index in [1.807, 2.05) is 49.5 Å². The Labute approximate surface area is 219 Å². The lowest BCUT2D eigenvalue weighted by molar-refractivity contribution is -0.115. The summed E-state index contributed by atoms with van der Waals surface area (Å²) in [6.07, 6.45) is 3.19. The third-order valence-electron chi connectivity index (χ3n) is 5.98. The summed E-state index contributed by atoms with van der Waals surface area (Å²) in [6, 6.07) is 21.9. The zero-order chi connectivity index (χ0) is 26.9. The molecule has 0 aliphatic carbocycles. The van der Waals surface area contributed by atoms with Gasteiger partial charge in [0.25, 0.3) is 0 Å². The van der Waals surface area contributed by atoms with Gasteiger partial charge in [0.15, 0.2) is 15.5 Å². The number of amides is 1. The molecule has 0 aliphatic rings. The fraction of sp³-hybridized carbons (Fsp3) is 0.107. The van der Waals surface area contributed by atoms with Gasteiger partial charge in [-0.15, -0.1) is 5.10 Å². The van der Waals surface area contributed by atoms with Gasteiger partial charge < -0.3 is 10.6 Å². The molecular formula is C28H24FN5O3S. The molecule has 0 saturated heterocycles. The third kappa shape index (κ3) is 5.70. The predicted octanol–water partition coefficient (Wildman–Crippen LogP) is 5.17. The highest BCUT2D eigenvalue weighted by Crippen LogP contribution is 2.25. The van der Waals surface area contributed by atoms with Gasteiger partial charge in [-0.05, 0) is 78.2 Å². The molecular weight excluding hydrogens is 505 g/mol. The minimum atomic E-state index is -3.28. The second kappa shape index (κ2) is 10.1. The van der Waals surface area contributed by atoms with Crippen LogP contribution < -0.4 is 10.6 Å². The van der Waals surface area contributed by atoms with Gasteiger partial charge in [0.1, 0.15) is 5.82 Å². The van der Waals surface area contributed by atoms with Gasteiger partial charge in [-0.3, -0.25) is 4.79 Å². The molecule has 38 heavy (non-hydrogen) atoms. The van der Waals surface area contributed by atoms with Crippen LogP contribution in [0.4, 0.5) is 21.7 Å². The normalized spacial score (nSPS) is 11.4. The van der Waals surface area contributed by atoms with Crippen LogP contribution in [0.2, 0.25) is 0 Å². The molecule has 5 aromatic rings. The van der Waals surface area contributed by atoms with Crippen molar-refractivity contribution in [1.82, 2.24) is 14.6 Å². The number of nitrogens with one attached hydrogen (secondary N) is 2. The number of aromatic nitrogens is 3. The standard InChI is InChI=1S/C28H24FN5O3S/c1-18-15-24(38(2,36)37)12-13-25(18)31-28-32-26-14-7-21(17-34(26)33-28)20-5-10-23(11-6-20)30-27(35)16-19-3-8-22(29)9-4-19/h3-15,17H,16H2,1-2H3,(H,30,35)(H,31,33). The van der Waals surface area contributed by atoms with E-state index in [1.54, 1.807) is 34.8 Å². The highest BCUT2D eigenvalue weighted by atomic mass is 32.2. The average Bonchev–Trinajstić information content (AvgIpc) is 3.28. The van der Waals surface area contributed by atoms with Crippen molar-refractivity contribution in [3.05, 3.63) is 102 Å². The molecule has 2 heterocycles. The number of rotatable bonds is 7. The number of hydrogen-bond acceptors (Lipinski definition) is 6. The van der Waals surface area contributed by atoms with Crippen molar-refractivity contribution in [3.63, 3.8) is 0 Å². The maximum absolute atomic E-state index is 13.1. The molecule has 0 saturated carbocycles. The van der Waals surface area contributed by atoms with E-state index < -0.39 is 9.84 Å². The topological polar surface area (TPSA) is 105 Å².